The molecule has 21 heavy (non-hydrogen) atoms. The first-order valence-electron chi connectivity index (χ1n) is 7.55. The fraction of sp³-hybridized carbons (Fsp3) is 0.389. The molecule has 0 unspecified atom stereocenters. The molecular weight excluding hydrogens is 260 g/mol. The zero-order valence-corrected chi connectivity index (χ0v) is 12.9. The topological polar surface area (TPSA) is 34.1 Å². The quantitative estimate of drug-likeness (QED) is 0.754. The Hall–Kier alpha value is -1.87. The van der Waals surface area contributed by atoms with Crippen LogP contribution in [0.25, 0.3) is 0 Å². The van der Waals surface area contributed by atoms with E-state index in [1.807, 2.05) is 12.1 Å². The van der Waals surface area contributed by atoms with Crippen molar-refractivity contribution in [1.82, 2.24) is 10.3 Å². The molecule has 1 heterocycles. The molecule has 1 N–H and O–H groups in total. The minimum Gasteiger partial charge on any atom is -0.487 e. The van der Waals surface area contributed by atoms with Crippen LogP contribution in [-0.4, -0.2) is 18.1 Å². The van der Waals surface area contributed by atoms with Crippen LogP contribution in [0.3, 0.4) is 0 Å². The zero-order chi connectivity index (χ0) is 14.9. The molecule has 2 rings (SSSR count). The molecule has 2 aromatic rings. The number of nitrogens with zero attached hydrogens (tertiary/aromatic N) is 1. The number of aromatic nitrogens is 1. The molecule has 0 aliphatic heterocycles. The van der Waals surface area contributed by atoms with Crippen molar-refractivity contribution in [2.24, 2.45) is 5.92 Å². The van der Waals surface area contributed by atoms with Crippen LogP contribution >= 0.6 is 0 Å². The van der Waals surface area contributed by atoms with Gasteiger partial charge in [-0.2, -0.15) is 0 Å². The van der Waals surface area contributed by atoms with E-state index in [-0.39, 0.29) is 0 Å². The van der Waals surface area contributed by atoms with Gasteiger partial charge in [-0.25, -0.2) is 0 Å². The van der Waals surface area contributed by atoms with Gasteiger partial charge in [0.05, 0.1) is 6.20 Å². The monoisotopic (exact) mass is 284 g/mol. The van der Waals surface area contributed by atoms with E-state index in [0.717, 1.165) is 25.3 Å². The molecule has 1 aromatic heterocycles. The van der Waals surface area contributed by atoms with E-state index < -0.39 is 0 Å². The molecule has 0 saturated heterocycles. The van der Waals surface area contributed by atoms with E-state index in [9.17, 15) is 0 Å². The molecule has 3 nitrogen and oxygen atoms in total. The maximum absolute atomic E-state index is 5.68. The Kier molecular flexibility index (Phi) is 6.22. The Morgan fingerprint density at radius 1 is 1.10 bits per heavy atom. The van der Waals surface area contributed by atoms with Gasteiger partial charge in [0, 0.05) is 6.20 Å². The summed E-state index contributed by atoms with van der Waals surface area (Å²) in [6, 6.07) is 12.4. The lowest BCUT2D eigenvalue weighted by molar-refractivity contribution is 0.305. The van der Waals surface area contributed by atoms with Crippen molar-refractivity contribution in [2.45, 2.75) is 26.9 Å². The predicted octanol–water partition coefficient (Wildman–Crippen LogP) is 3.45. The average molecular weight is 284 g/mol. The molecular formula is C18H24N2O. The zero-order valence-electron chi connectivity index (χ0n) is 12.9. The average Bonchev–Trinajstić information content (AvgIpc) is 2.51. The largest absolute Gasteiger partial charge is 0.487 e. The molecule has 0 radical (unpaired) electrons. The van der Waals surface area contributed by atoms with Crippen LogP contribution in [0.2, 0.25) is 0 Å². The fourth-order valence-corrected chi connectivity index (χ4v) is 2.02. The lowest BCUT2D eigenvalue weighted by Gasteiger charge is -2.08. The third-order valence-corrected chi connectivity index (χ3v) is 3.21. The van der Waals surface area contributed by atoms with E-state index >= 15 is 0 Å². The lowest BCUT2D eigenvalue weighted by atomic mass is 10.1. The number of ether oxygens (including phenoxy) is 1. The molecule has 0 spiro atoms. The molecule has 0 amide bonds. The third kappa shape index (κ3) is 5.96. The van der Waals surface area contributed by atoms with Crippen molar-refractivity contribution in [3.63, 3.8) is 0 Å². The van der Waals surface area contributed by atoms with Crippen LogP contribution in [0.15, 0.2) is 48.8 Å². The second-order valence-electron chi connectivity index (χ2n) is 5.64. The lowest BCUT2D eigenvalue weighted by Crippen LogP contribution is -2.22. The van der Waals surface area contributed by atoms with Crippen molar-refractivity contribution >= 4 is 0 Å². The summed E-state index contributed by atoms with van der Waals surface area (Å²) >= 11 is 0. The minimum atomic E-state index is 0.581. The highest BCUT2D eigenvalue weighted by atomic mass is 16.5. The third-order valence-electron chi connectivity index (χ3n) is 3.21. The smallest absolute Gasteiger partial charge is 0.138 e. The van der Waals surface area contributed by atoms with Crippen LogP contribution in [-0.2, 0) is 13.0 Å². The number of nitrogens with one attached hydrogen (secondary N) is 1. The van der Waals surface area contributed by atoms with E-state index in [1.165, 1.54) is 11.1 Å². The molecule has 1 aromatic carbocycles. The maximum atomic E-state index is 5.68. The van der Waals surface area contributed by atoms with Gasteiger partial charge in [-0.3, -0.25) is 4.98 Å². The molecule has 3 heteroatoms. The number of hydrogen-bond donors (Lipinski definition) is 1. The van der Waals surface area contributed by atoms with Crippen molar-refractivity contribution in [3.05, 3.63) is 59.9 Å². The summed E-state index contributed by atoms with van der Waals surface area (Å²) in [5, 5.41) is 3.46. The van der Waals surface area contributed by atoms with E-state index in [4.69, 9.17) is 4.74 Å². The highest BCUT2D eigenvalue weighted by Crippen LogP contribution is 2.11. The van der Waals surface area contributed by atoms with Crippen molar-refractivity contribution in [1.29, 1.82) is 0 Å². The Balaban J connectivity index is 1.74. The van der Waals surface area contributed by atoms with Crippen LogP contribution in [0.5, 0.6) is 5.75 Å². The first-order valence-corrected chi connectivity index (χ1v) is 7.55. The Morgan fingerprint density at radius 2 is 1.86 bits per heavy atom. The van der Waals surface area contributed by atoms with E-state index in [0.29, 0.717) is 12.5 Å². The molecule has 112 valence electrons. The van der Waals surface area contributed by atoms with Crippen LogP contribution in [0, 0.1) is 5.92 Å². The summed E-state index contributed by atoms with van der Waals surface area (Å²) < 4.78 is 5.68. The van der Waals surface area contributed by atoms with Gasteiger partial charge in [0.15, 0.2) is 0 Å². The first kappa shape index (κ1) is 15.5. The van der Waals surface area contributed by atoms with Gasteiger partial charge in [-0.15, -0.1) is 0 Å². The SMILES string of the molecule is CC(C)CNCCc1ccc(COc2cccnc2)cc1. The van der Waals surface area contributed by atoms with Gasteiger partial charge in [0.1, 0.15) is 12.4 Å². The van der Waals surface area contributed by atoms with E-state index in [1.54, 1.807) is 12.4 Å². The van der Waals surface area contributed by atoms with Gasteiger partial charge in [0.2, 0.25) is 0 Å². The summed E-state index contributed by atoms with van der Waals surface area (Å²) in [4.78, 5) is 4.03. The molecule has 0 saturated carbocycles. The Bertz CT molecular complexity index is 509. The van der Waals surface area contributed by atoms with Gasteiger partial charge >= 0.3 is 0 Å². The standard InChI is InChI=1S/C18H24N2O/c1-15(2)12-20-11-9-16-5-7-17(8-6-16)14-21-18-4-3-10-19-13-18/h3-8,10,13,15,20H,9,11-12,14H2,1-2H3. The number of pyridine rings is 1. The Labute approximate surface area is 127 Å². The number of hydrogen-bond acceptors (Lipinski definition) is 3. The number of rotatable bonds is 8. The molecule has 0 bridgehead atoms. The van der Waals surface area contributed by atoms with Crippen molar-refractivity contribution in [3.8, 4) is 5.75 Å². The Morgan fingerprint density at radius 3 is 2.52 bits per heavy atom. The van der Waals surface area contributed by atoms with Gasteiger partial charge in [-0.05, 0) is 48.7 Å². The molecule has 0 aliphatic rings. The molecule has 0 atom stereocenters. The summed E-state index contributed by atoms with van der Waals surface area (Å²) in [5.74, 6) is 1.51. The highest BCUT2D eigenvalue weighted by Gasteiger charge is 1.98. The normalized spacial score (nSPS) is 10.8. The summed E-state index contributed by atoms with van der Waals surface area (Å²) in [7, 11) is 0. The minimum absolute atomic E-state index is 0.581. The summed E-state index contributed by atoms with van der Waals surface area (Å²) in [5.41, 5.74) is 2.54. The van der Waals surface area contributed by atoms with Gasteiger partial charge in [-0.1, -0.05) is 38.1 Å². The highest BCUT2D eigenvalue weighted by molar-refractivity contribution is 5.23. The second-order valence-corrected chi connectivity index (χ2v) is 5.64. The summed E-state index contributed by atoms with van der Waals surface area (Å²) in [6.45, 7) is 7.15. The van der Waals surface area contributed by atoms with E-state index in [2.05, 4.69) is 48.4 Å². The van der Waals surface area contributed by atoms with Crippen LogP contribution < -0.4 is 10.1 Å². The van der Waals surface area contributed by atoms with Crippen molar-refractivity contribution in [2.75, 3.05) is 13.1 Å². The summed E-state index contributed by atoms with van der Waals surface area (Å²) in [6.07, 6.45) is 4.54. The molecule has 0 aliphatic carbocycles. The molecule has 0 fully saturated rings. The van der Waals surface area contributed by atoms with Crippen molar-refractivity contribution < 1.29 is 4.74 Å². The van der Waals surface area contributed by atoms with Gasteiger partial charge in [0.25, 0.3) is 0 Å². The second kappa shape index (κ2) is 8.42. The number of benzene rings is 1. The predicted molar refractivity (Wildman–Crippen MR) is 86.4 cm³/mol. The van der Waals surface area contributed by atoms with Crippen LogP contribution in [0.4, 0.5) is 0 Å². The first-order chi connectivity index (χ1) is 10.2. The maximum Gasteiger partial charge on any atom is 0.138 e. The van der Waals surface area contributed by atoms with Crippen LogP contribution in [0.1, 0.15) is 25.0 Å². The fourth-order valence-electron chi connectivity index (χ4n) is 2.02. The van der Waals surface area contributed by atoms with Gasteiger partial charge < -0.3 is 10.1 Å².